The molecule has 1 unspecified atom stereocenters. The Labute approximate surface area is 136 Å². The van der Waals surface area contributed by atoms with Gasteiger partial charge in [-0.15, -0.1) is 11.6 Å². The van der Waals surface area contributed by atoms with E-state index in [9.17, 15) is 0 Å². The zero-order valence-corrected chi connectivity index (χ0v) is 14.3. The van der Waals surface area contributed by atoms with Crippen LogP contribution in [0, 0.1) is 0 Å². The predicted molar refractivity (Wildman–Crippen MR) is 88.6 cm³/mol. The van der Waals surface area contributed by atoms with Crippen molar-refractivity contribution in [2.45, 2.75) is 25.3 Å². The van der Waals surface area contributed by atoms with E-state index >= 15 is 0 Å². The third-order valence-electron chi connectivity index (χ3n) is 3.61. The first kappa shape index (κ1) is 14.6. The molecule has 4 nitrogen and oxygen atoms in total. The van der Waals surface area contributed by atoms with Crippen LogP contribution in [-0.4, -0.2) is 19.3 Å². The van der Waals surface area contributed by atoms with Crippen LogP contribution in [0.1, 0.15) is 23.8 Å². The van der Waals surface area contributed by atoms with Gasteiger partial charge in [0.1, 0.15) is 5.82 Å². The van der Waals surface area contributed by atoms with Crippen molar-refractivity contribution in [3.05, 3.63) is 46.5 Å². The number of imidazole rings is 1. The number of rotatable bonds is 4. The maximum Gasteiger partial charge on any atom is 0.127 e. The first-order chi connectivity index (χ1) is 10.1. The molecular formula is C15H16BrClN4. The number of hydrogen-bond donors (Lipinski definition) is 0. The monoisotopic (exact) mass is 366 g/mol. The molecule has 0 radical (unpaired) electrons. The smallest absolute Gasteiger partial charge is 0.127 e. The van der Waals surface area contributed by atoms with E-state index in [0.717, 1.165) is 34.3 Å². The number of alkyl halides is 1. The van der Waals surface area contributed by atoms with Crippen LogP contribution in [-0.2, 0) is 20.0 Å². The summed E-state index contributed by atoms with van der Waals surface area (Å²) >= 11 is 9.82. The van der Waals surface area contributed by atoms with Crippen molar-refractivity contribution in [2.24, 2.45) is 7.05 Å². The van der Waals surface area contributed by atoms with Crippen molar-refractivity contribution in [3.8, 4) is 0 Å². The number of benzene rings is 1. The summed E-state index contributed by atoms with van der Waals surface area (Å²) in [4.78, 5) is 4.66. The average Bonchev–Trinajstić information content (AvgIpc) is 3.00. The lowest BCUT2D eigenvalue weighted by Gasteiger charge is -2.11. The molecule has 0 amide bonds. The molecule has 3 rings (SSSR count). The van der Waals surface area contributed by atoms with Gasteiger partial charge < -0.3 is 4.57 Å². The molecule has 2 aromatic heterocycles. The quantitative estimate of drug-likeness (QED) is 0.652. The van der Waals surface area contributed by atoms with Gasteiger partial charge in [0.15, 0.2) is 0 Å². The van der Waals surface area contributed by atoms with Gasteiger partial charge in [-0.25, -0.2) is 4.98 Å². The second kappa shape index (κ2) is 5.81. The number of nitrogens with zero attached hydrogens (tertiary/aromatic N) is 4. The summed E-state index contributed by atoms with van der Waals surface area (Å²) in [6.45, 7) is 2.79. The van der Waals surface area contributed by atoms with Crippen molar-refractivity contribution in [2.75, 3.05) is 0 Å². The molecule has 0 aliphatic heterocycles. The van der Waals surface area contributed by atoms with Crippen LogP contribution in [0.25, 0.3) is 11.0 Å². The number of aromatic nitrogens is 4. The molecule has 21 heavy (non-hydrogen) atoms. The summed E-state index contributed by atoms with van der Waals surface area (Å²) in [6, 6.07) is 8.15. The minimum Gasteiger partial charge on any atom is -0.326 e. The van der Waals surface area contributed by atoms with Gasteiger partial charge >= 0.3 is 0 Å². The first-order valence-corrected chi connectivity index (χ1v) is 8.06. The van der Waals surface area contributed by atoms with E-state index in [2.05, 4.69) is 36.6 Å². The zero-order chi connectivity index (χ0) is 15.0. The van der Waals surface area contributed by atoms with Gasteiger partial charge in [0, 0.05) is 36.4 Å². The Kier molecular flexibility index (Phi) is 4.04. The highest BCUT2D eigenvalue weighted by molar-refractivity contribution is 9.10. The molecule has 0 bridgehead atoms. The molecule has 2 heterocycles. The second-order valence-electron chi connectivity index (χ2n) is 5.07. The van der Waals surface area contributed by atoms with Crippen molar-refractivity contribution >= 4 is 38.6 Å². The van der Waals surface area contributed by atoms with Gasteiger partial charge in [0.25, 0.3) is 0 Å². The van der Waals surface area contributed by atoms with E-state index < -0.39 is 0 Å². The van der Waals surface area contributed by atoms with Crippen LogP contribution in [0.3, 0.4) is 0 Å². The van der Waals surface area contributed by atoms with Crippen molar-refractivity contribution in [1.29, 1.82) is 0 Å². The lowest BCUT2D eigenvalue weighted by Crippen LogP contribution is -2.09. The molecule has 1 atom stereocenters. The third-order valence-corrected chi connectivity index (χ3v) is 4.30. The first-order valence-electron chi connectivity index (χ1n) is 6.83. The predicted octanol–water partition coefficient (Wildman–Crippen LogP) is 4.07. The minimum atomic E-state index is -0.122. The highest BCUT2D eigenvalue weighted by Gasteiger charge is 2.15. The van der Waals surface area contributed by atoms with E-state index in [1.54, 1.807) is 0 Å². The second-order valence-corrected chi connectivity index (χ2v) is 6.64. The fourth-order valence-electron chi connectivity index (χ4n) is 2.53. The van der Waals surface area contributed by atoms with E-state index in [1.165, 1.54) is 5.69 Å². The topological polar surface area (TPSA) is 35.6 Å². The number of halogens is 2. The third kappa shape index (κ3) is 2.85. The van der Waals surface area contributed by atoms with Crippen molar-refractivity contribution in [1.82, 2.24) is 19.3 Å². The van der Waals surface area contributed by atoms with Crippen LogP contribution < -0.4 is 0 Å². The molecule has 0 N–H and O–H groups in total. The normalized spacial score (nSPS) is 13.0. The van der Waals surface area contributed by atoms with Crippen LogP contribution in [0.2, 0.25) is 0 Å². The summed E-state index contributed by atoms with van der Waals surface area (Å²) in [5, 5.41) is 4.09. The van der Waals surface area contributed by atoms with E-state index in [4.69, 9.17) is 11.6 Å². The summed E-state index contributed by atoms with van der Waals surface area (Å²) in [7, 11) is 1.96. The van der Waals surface area contributed by atoms with E-state index in [-0.39, 0.29) is 5.38 Å². The number of aryl methyl sites for hydroxylation is 3. The van der Waals surface area contributed by atoms with E-state index in [1.807, 2.05) is 43.0 Å². The van der Waals surface area contributed by atoms with Crippen molar-refractivity contribution in [3.63, 3.8) is 0 Å². The van der Waals surface area contributed by atoms with Crippen LogP contribution in [0.4, 0.5) is 0 Å². The molecule has 0 aliphatic carbocycles. The molecule has 0 saturated carbocycles. The molecule has 0 aliphatic rings. The van der Waals surface area contributed by atoms with Gasteiger partial charge in [0.2, 0.25) is 0 Å². The summed E-state index contributed by atoms with van der Waals surface area (Å²) < 4.78 is 5.15. The van der Waals surface area contributed by atoms with Crippen LogP contribution in [0.5, 0.6) is 0 Å². The van der Waals surface area contributed by atoms with Gasteiger partial charge in [-0.3, -0.25) is 4.68 Å². The Morgan fingerprint density at radius 2 is 2.14 bits per heavy atom. The highest BCUT2D eigenvalue weighted by atomic mass is 79.9. The van der Waals surface area contributed by atoms with Gasteiger partial charge in [-0.1, -0.05) is 15.9 Å². The molecular weight excluding hydrogens is 352 g/mol. The Hall–Kier alpha value is -1.33. The average molecular weight is 368 g/mol. The Morgan fingerprint density at radius 3 is 2.81 bits per heavy atom. The van der Waals surface area contributed by atoms with Crippen molar-refractivity contribution < 1.29 is 0 Å². The standard InChI is InChI=1S/C15H16BrClN4/c1-10(17)15-19-13-4-3-11(16)9-14(13)21(15)8-6-12-5-7-18-20(12)2/h3-5,7,9-10H,6,8H2,1-2H3. The fraction of sp³-hybridized carbons (Fsp3) is 0.333. The van der Waals surface area contributed by atoms with Gasteiger partial charge in [0.05, 0.1) is 16.4 Å². The molecule has 6 heteroatoms. The zero-order valence-electron chi connectivity index (χ0n) is 11.9. The van der Waals surface area contributed by atoms with Gasteiger partial charge in [-0.05, 0) is 31.2 Å². The molecule has 0 fully saturated rings. The molecule has 3 aromatic rings. The maximum absolute atomic E-state index is 6.30. The summed E-state index contributed by atoms with van der Waals surface area (Å²) in [5.74, 6) is 0.909. The minimum absolute atomic E-state index is 0.122. The highest BCUT2D eigenvalue weighted by Crippen LogP contribution is 2.27. The van der Waals surface area contributed by atoms with Crippen LogP contribution >= 0.6 is 27.5 Å². The van der Waals surface area contributed by atoms with Gasteiger partial charge in [-0.2, -0.15) is 5.10 Å². The number of fused-ring (bicyclic) bond motifs is 1. The SMILES string of the molecule is CC(Cl)c1nc2ccc(Br)cc2n1CCc1ccnn1C. The lowest BCUT2D eigenvalue weighted by atomic mass is 10.2. The fourth-order valence-corrected chi connectivity index (χ4v) is 3.04. The summed E-state index contributed by atoms with van der Waals surface area (Å²) in [5.41, 5.74) is 3.28. The Morgan fingerprint density at radius 1 is 1.33 bits per heavy atom. The largest absolute Gasteiger partial charge is 0.326 e. The van der Waals surface area contributed by atoms with Crippen LogP contribution in [0.15, 0.2) is 34.9 Å². The maximum atomic E-state index is 6.30. The molecule has 110 valence electrons. The Bertz CT molecular complexity index is 775. The number of hydrogen-bond acceptors (Lipinski definition) is 2. The molecule has 1 aromatic carbocycles. The summed E-state index contributed by atoms with van der Waals surface area (Å²) in [6.07, 6.45) is 2.72. The molecule has 0 saturated heterocycles. The molecule has 0 spiro atoms. The lowest BCUT2D eigenvalue weighted by molar-refractivity contribution is 0.624. The van der Waals surface area contributed by atoms with E-state index in [0.29, 0.717) is 0 Å². The Balaban J connectivity index is 2.00.